The first-order valence-corrected chi connectivity index (χ1v) is 8.96. The van der Waals surface area contributed by atoms with Crippen molar-refractivity contribution < 1.29 is 9.53 Å². The summed E-state index contributed by atoms with van der Waals surface area (Å²) in [5, 5.41) is 7.82. The van der Waals surface area contributed by atoms with Crippen LogP contribution in [0.2, 0.25) is 5.02 Å². The standard InChI is InChI=1S/C20H21ClN4O2/c1-24(10-11-27-19-9-5-6-17(21)12-19)20(26)22-13-16-14-23-25(15-16)18-7-3-2-4-8-18/h2-9,12,14-15H,10-11,13H2,1H3,(H,22,26). The topological polar surface area (TPSA) is 59.4 Å². The summed E-state index contributed by atoms with van der Waals surface area (Å²) in [7, 11) is 1.73. The van der Waals surface area contributed by atoms with Crippen molar-refractivity contribution in [3.63, 3.8) is 0 Å². The van der Waals surface area contributed by atoms with Crippen LogP contribution in [-0.4, -0.2) is 40.9 Å². The highest BCUT2D eigenvalue weighted by molar-refractivity contribution is 6.30. The maximum atomic E-state index is 12.2. The second-order valence-electron chi connectivity index (χ2n) is 6.01. The maximum absolute atomic E-state index is 12.2. The van der Waals surface area contributed by atoms with Crippen LogP contribution in [0.15, 0.2) is 67.0 Å². The minimum Gasteiger partial charge on any atom is -0.492 e. The van der Waals surface area contributed by atoms with E-state index < -0.39 is 0 Å². The molecule has 0 fully saturated rings. The summed E-state index contributed by atoms with van der Waals surface area (Å²) in [6.45, 7) is 1.25. The molecule has 0 spiro atoms. The molecule has 0 saturated heterocycles. The number of benzene rings is 2. The highest BCUT2D eigenvalue weighted by Gasteiger charge is 2.09. The van der Waals surface area contributed by atoms with Gasteiger partial charge in [0.05, 0.1) is 18.4 Å². The SMILES string of the molecule is CN(CCOc1cccc(Cl)c1)C(=O)NCc1cnn(-c2ccccc2)c1. The zero-order valence-electron chi connectivity index (χ0n) is 15.0. The lowest BCUT2D eigenvalue weighted by molar-refractivity contribution is 0.195. The Morgan fingerprint density at radius 2 is 2.04 bits per heavy atom. The Morgan fingerprint density at radius 3 is 2.81 bits per heavy atom. The maximum Gasteiger partial charge on any atom is 0.317 e. The second-order valence-corrected chi connectivity index (χ2v) is 6.45. The van der Waals surface area contributed by atoms with E-state index in [1.807, 2.05) is 48.7 Å². The van der Waals surface area contributed by atoms with Gasteiger partial charge in [-0.2, -0.15) is 5.10 Å². The van der Waals surface area contributed by atoms with E-state index in [1.54, 1.807) is 35.0 Å². The Balaban J connectivity index is 1.43. The zero-order chi connectivity index (χ0) is 19.1. The number of nitrogens with one attached hydrogen (secondary N) is 1. The third-order valence-electron chi connectivity index (χ3n) is 3.94. The average molecular weight is 385 g/mol. The number of amides is 2. The number of likely N-dealkylation sites (N-methyl/N-ethyl adjacent to an activating group) is 1. The molecule has 2 amide bonds. The van der Waals surface area contributed by atoms with E-state index in [0.29, 0.717) is 30.5 Å². The van der Waals surface area contributed by atoms with E-state index in [4.69, 9.17) is 16.3 Å². The fourth-order valence-electron chi connectivity index (χ4n) is 2.44. The van der Waals surface area contributed by atoms with Crippen molar-refractivity contribution >= 4 is 17.6 Å². The van der Waals surface area contributed by atoms with E-state index in [2.05, 4.69) is 10.4 Å². The van der Waals surface area contributed by atoms with Crippen LogP contribution in [0, 0.1) is 0 Å². The van der Waals surface area contributed by atoms with Crippen molar-refractivity contribution in [2.75, 3.05) is 20.2 Å². The minimum atomic E-state index is -0.169. The number of hydrogen-bond acceptors (Lipinski definition) is 3. The molecule has 1 heterocycles. The Labute approximate surface area is 163 Å². The summed E-state index contributed by atoms with van der Waals surface area (Å²) in [4.78, 5) is 13.8. The molecular weight excluding hydrogens is 364 g/mol. The molecule has 0 radical (unpaired) electrons. The van der Waals surface area contributed by atoms with Crippen molar-refractivity contribution in [3.8, 4) is 11.4 Å². The molecule has 3 aromatic rings. The molecule has 27 heavy (non-hydrogen) atoms. The van der Waals surface area contributed by atoms with Crippen LogP contribution in [0.3, 0.4) is 0 Å². The number of hydrogen-bond donors (Lipinski definition) is 1. The number of ether oxygens (including phenoxy) is 1. The van der Waals surface area contributed by atoms with Crippen molar-refractivity contribution in [1.82, 2.24) is 20.0 Å². The number of rotatable bonds is 7. The Morgan fingerprint density at radius 1 is 1.22 bits per heavy atom. The molecule has 1 N–H and O–H groups in total. The normalized spacial score (nSPS) is 10.4. The summed E-state index contributed by atoms with van der Waals surface area (Å²) in [6, 6.07) is 16.8. The number of aromatic nitrogens is 2. The molecule has 0 aliphatic carbocycles. The summed E-state index contributed by atoms with van der Waals surface area (Å²) in [5.41, 5.74) is 1.90. The average Bonchev–Trinajstić information content (AvgIpc) is 3.16. The third-order valence-corrected chi connectivity index (χ3v) is 4.17. The number of nitrogens with zero attached hydrogens (tertiary/aromatic N) is 3. The molecule has 2 aromatic carbocycles. The molecule has 0 aliphatic rings. The summed E-state index contributed by atoms with van der Waals surface area (Å²) in [5.74, 6) is 0.685. The van der Waals surface area contributed by atoms with Gasteiger partial charge in [0.25, 0.3) is 0 Å². The highest BCUT2D eigenvalue weighted by atomic mass is 35.5. The summed E-state index contributed by atoms with van der Waals surface area (Å²) in [6.07, 6.45) is 3.65. The summed E-state index contributed by atoms with van der Waals surface area (Å²) >= 11 is 5.92. The number of carbonyl (C=O) groups is 1. The predicted molar refractivity (Wildman–Crippen MR) is 105 cm³/mol. The molecule has 140 valence electrons. The van der Waals surface area contributed by atoms with Gasteiger partial charge < -0.3 is 15.0 Å². The molecule has 0 atom stereocenters. The summed E-state index contributed by atoms with van der Waals surface area (Å²) < 4.78 is 7.39. The van der Waals surface area contributed by atoms with E-state index in [0.717, 1.165) is 11.3 Å². The lowest BCUT2D eigenvalue weighted by atomic mass is 10.3. The monoisotopic (exact) mass is 384 g/mol. The molecule has 1 aromatic heterocycles. The largest absolute Gasteiger partial charge is 0.492 e. The van der Waals surface area contributed by atoms with E-state index in [-0.39, 0.29) is 6.03 Å². The first kappa shape index (κ1) is 18.8. The Hall–Kier alpha value is -2.99. The van der Waals surface area contributed by atoms with Gasteiger partial charge in [0, 0.05) is 30.4 Å². The molecule has 0 aliphatic heterocycles. The number of urea groups is 1. The Bertz CT molecular complexity index is 882. The number of halogens is 1. The van der Waals surface area contributed by atoms with Gasteiger partial charge in [-0.3, -0.25) is 0 Å². The molecular formula is C20H21ClN4O2. The van der Waals surface area contributed by atoms with Crippen LogP contribution >= 0.6 is 11.6 Å². The lowest BCUT2D eigenvalue weighted by Crippen LogP contribution is -2.39. The van der Waals surface area contributed by atoms with Crippen LogP contribution in [0.25, 0.3) is 5.69 Å². The molecule has 7 heteroatoms. The van der Waals surface area contributed by atoms with Gasteiger partial charge in [0.15, 0.2) is 0 Å². The van der Waals surface area contributed by atoms with Gasteiger partial charge in [-0.25, -0.2) is 9.48 Å². The van der Waals surface area contributed by atoms with Crippen molar-refractivity contribution in [1.29, 1.82) is 0 Å². The molecule has 0 saturated carbocycles. The van der Waals surface area contributed by atoms with Crippen LogP contribution in [-0.2, 0) is 6.54 Å². The molecule has 0 unspecified atom stereocenters. The molecule has 0 bridgehead atoms. The molecule has 3 rings (SSSR count). The van der Waals surface area contributed by atoms with Crippen LogP contribution < -0.4 is 10.1 Å². The van der Waals surface area contributed by atoms with Gasteiger partial charge in [-0.05, 0) is 30.3 Å². The molecule has 6 nitrogen and oxygen atoms in total. The van der Waals surface area contributed by atoms with E-state index in [9.17, 15) is 4.79 Å². The number of para-hydroxylation sites is 1. The minimum absolute atomic E-state index is 0.169. The smallest absolute Gasteiger partial charge is 0.317 e. The fraction of sp³-hybridized carbons (Fsp3) is 0.200. The van der Waals surface area contributed by atoms with Crippen LogP contribution in [0.1, 0.15) is 5.56 Å². The van der Waals surface area contributed by atoms with E-state index in [1.165, 1.54) is 0 Å². The first-order chi connectivity index (χ1) is 13.1. The lowest BCUT2D eigenvalue weighted by Gasteiger charge is -2.18. The Kier molecular flexibility index (Phi) is 6.33. The van der Waals surface area contributed by atoms with Crippen molar-refractivity contribution in [2.45, 2.75) is 6.54 Å². The van der Waals surface area contributed by atoms with Crippen LogP contribution in [0.5, 0.6) is 5.75 Å². The van der Waals surface area contributed by atoms with Gasteiger partial charge in [-0.15, -0.1) is 0 Å². The van der Waals surface area contributed by atoms with Gasteiger partial charge in [-0.1, -0.05) is 35.9 Å². The van der Waals surface area contributed by atoms with Gasteiger partial charge in [0.1, 0.15) is 12.4 Å². The predicted octanol–water partition coefficient (Wildman–Crippen LogP) is 3.75. The quantitative estimate of drug-likeness (QED) is 0.675. The fourth-order valence-corrected chi connectivity index (χ4v) is 2.62. The zero-order valence-corrected chi connectivity index (χ0v) is 15.8. The number of carbonyl (C=O) groups excluding carboxylic acids is 1. The van der Waals surface area contributed by atoms with Gasteiger partial charge >= 0.3 is 6.03 Å². The first-order valence-electron chi connectivity index (χ1n) is 8.58. The van der Waals surface area contributed by atoms with E-state index >= 15 is 0 Å². The van der Waals surface area contributed by atoms with Crippen molar-refractivity contribution in [3.05, 3.63) is 77.6 Å². The third kappa shape index (κ3) is 5.49. The van der Waals surface area contributed by atoms with Gasteiger partial charge in [0.2, 0.25) is 0 Å². The second kappa shape index (κ2) is 9.09. The highest BCUT2D eigenvalue weighted by Crippen LogP contribution is 2.16. The van der Waals surface area contributed by atoms with Crippen molar-refractivity contribution in [2.24, 2.45) is 0 Å². The van der Waals surface area contributed by atoms with Crippen LogP contribution in [0.4, 0.5) is 4.79 Å².